The molecule has 0 aliphatic heterocycles. The molecular weight excluding hydrogens is 176 g/mol. The Labute approximate surface area is 83.9 Å². The van der Waals surface area contributed by atoms with Gasteiger partial charge in [-0.15, -0.1) is 0 Å². The molecular formula is C11H22OSi. The van der Waals surface area contributed by atoms with E-state index in [1.807, 2.05) is 0 Å². The Hall–Kier alpha value is 0.177. The molecule has 1 N–H and O–H groups in total. The first-order chi connectivity index (χ1) is 6.42. The Morgan fingerprint density at radius 3 is 1.92 bits per heavy atom. The van der Waals surface area contributed by atoms with Gasteiger partial charge in [0.1, 0.15) is 0 Å². The van der Waals surface area contributed by atoms with Gasteiger partial charge in [0.05, 0.1) is 0 Å². The molecule has 2 saturated carbocycles. The van der Waals surface area contributed by atoms with Gasteiger partial charge in [-0.1, -0.05) is 44.9 Å². The fourth-order valence-electron chi connectivity index (χ4n) is 2.92. The van der Waals surface area contributed by atoms with E-state index < -0.39 is 9.76 Å². The summed E-state index contributed by atoms with van der Waals surface area (Å²) in [5.74, 6) is 3.14. The lowest BCUT2D eigenvalue weighted by Gasteiger charge is -2.42. The zero-order valence-corrected chi connectivity index (χ0v) is 9.96. The van der Waals surface area contributed by atoms with Crippen molar-refractivity contribution in [1.29, 1.82) is 0 Å². The van der Waals surface area contributed by atoms with Crippen molar-refractivity contribution in [2.75, 3.05) is 0 Å². The van der Waals surface area contributed by atoms with Crippen molar-refractivity contribution in [2.45, 2.75) is 51.0 Å². The highest BCUT2D eigenvalue weighted by Crippen LogP contribution is 2.46. The maximum absolute atomic E-state index is 9.00. The van der Waals surface area contributed by atoms with Crippen molar-refractivity contribution >= 4 is 9.76 Å². The number of rotatable bonds is 5. The van der Waals surface area contributed by atoms with Gasteiger partial charge in [-0.2, -0.15) is 0 Å². The fraction of sp³-hybridized carbons (Fsp3) is 1.00. The summed E-state index contributed by atoms with van der Waals surface area (Å²) in [4.78, 5) is 9.00. The molecule has 13 heavy (non-hydrogen) atoms. The van der Waals surface area contributed by atoms with Gasteiger partial charge < -0.3 is 4.80 Å². The summed E-state index contributed by atoms with van der Waals surface area (Å²) in [5, 5.41) is 0. The zero-order valence-electron chi connectivity index (χ0n) is 8.54. The summed E-state index contributed by atoms with van der Waals surface area (Å²) >= 11 is 0. The summed E-state index contributed by atoms with van der Waals surface area (Å²) in [6.07, 6.45) is 10.3. The summed E-state index contributed by atoms with van der Waals surface area (Å²) in [5.41, 5.74) is 0. The minimum atomic E-state index is -0.660. The highest BCUT2D eigenvalue weighted by atomic mass is 28.2. The first kappa shape index (κ1) is 9.72. The predicted octanol–water partition coefficient (Wildman–Crippen LogP) is 2.09. The van der Waals surface area contributed by atoms with E-state index in [9.17, 15) is 0 Å². The SMILES string of the molecule is O[SiH2]CCC(C1CCC1)C1CCC1. The van der Waals surface area contributed by atoms with Crippen molar-refractivity contribution in [3.63, 3.8) is 0 Å². The molecule has 0 heterocycles. The van der Waals surface area contributed by atoms with Crippen LogP contribution >= 0.6 is 0 Å². The molecule has 0 aromatic rings. The third-order valence-corrected chi connectivity index (χ3v) is 4.93. The summed E-state index contributed by atoms with van der Waals surface area (Å²) in [7, 11) is -0.660. The van der Waals surface area contributed by atoms with Gasteiger partial charge in [0, 0.05) is 0 Å². The molecule has 0 aromatic heterocycles. The van der Waals surface area contributed by atoms with Gasteiger partial charge in [0.15, 0.2) is 9.76 Å². The van der Waals surface area contributed by atoms with E-state index >= 15 is 0 Å². The van der Waals surface area contributed by atoms with Gasteiger partial charge in [0.2, 0.25) is 0 Å². The monoisotopic (exact) mass is 198 g/mol. The van der Waals surface area contributed by atoms with Crippen LogP contribution in [0.25, 0.3) is 0 Å². The molecule has 0 aromatic carbocycles. The minimum Gasteiger partial charge on any atom is -0.438 e. The molecule has 0 unspecified atom stereocenters. The van der Waals surface area contributed by atoms with Gasteiger partial charge in [0.25, 0.3) is 0 Å². The summed E-state index contributed by atoms with van der Waals surface area (Å²) in [6, 6.07) is 1.18. The molecule has 1 nitrogen and oxygen atoms in total. The van der Waals surface area contributed by atoms with Crippen LogP contribution in [0.1, 0.15) is 44.9 Å². The van der Waals surface area contributed by atoms with E-state index in [2.05, 4.69) is 0 Å². The Bertz CT molecular complexity index is 138. The third kappa shape index (κ3) is 2.16. The van der Waals surface area contributed by atoms with E-state index in [4.69, 9.17) is 4.80 Å². The fourth-order valence-corrected chi connectivity index (χ4v) is 3.57. The molecule has 2 aliphatic carbocycles. The first-order valence-electron chi connectivity index (χ1n) is 6.02. The first-order valence-corrected chi connectivity index (χ1v) is 7.66. The van der Waals surface area contributed by atoms with Crippen molar-refractivity contribution in [3.8, 4) is 0 Å². The molecule has 0 atom stereocenters. The highest BCUT2D eigenvalue weighted by Gasteiger charge is 2.35. The Balaban J connectivity index is 1.78. The average Bonchev–Trinajstić information content (AvgIpc) is 1.93. The summed E-state index contributed by atoms with van der Waals surface area (Å²) < 4.78 is 0. The van der Waals surface area contributed by atoms with Crippen LogP contribution in [0.2, 0.25) is 6.04 Å². The van der Waals surface area contributed by atoms with Crippen LogP contribution in [-0.2, 0) is 0 Å². The Morgan fingerprint density at radius 1 is 1.08 bits per heavy atom. The van der Waals surface area contributed by atoms with Crippen molar-refractivity contribution in [1.82, 2.24) is 0 Å². The second-order valence-electron chi connectivity index (χ2n) is 4.91. The number of hydrogen-bond acceptors (Lipinski definition) is 1. The minimum absolute atomic E-state index is 0.660. The van der Waals surface area contributed by atoms with E-state index in [-0.39, 0.29) is 0 Å². The molecule has 0 amide bonds. The zero-order chi connectivity index (χ0) is 9.10. The molecule has 2 rings (SSSR count). The van der Waals surface area contributed by atoms with Crippen LogP contribution < -0.4 is 0 Å². The highest BCUT2D eigenvalue weighted by molar-refractivity contribution is 6.25. The lowest BCUT2D eigenvalue weighted by Crippen LogP contribution is -2.32. The second-order valence-corrected chi connectivity index (χ2v) is 6.07. The third-order valence-electron chi connectivity index (χ3n) is 4.21. The van der Waals surface area contributed by atoms with Crippen LogP contribution in [0.5, 0.6) is 0 Å². The van der Waals surface area contributed by atoms with Crippen LogP contribution in [0.4, 0.5) is 0 Å². The lowest BCUT2D eigenvalue weighted by atomic mass is 9.64. The van der Waals surface area contributed by atoms with Gasteiger partial charge in [-0.25, -0.2) is 0 Å². The molecule has 0 radical (unpaired) electrons. The molecule has 0 saturated heterocycles. The maximum Gasteiger partial charge on any atom is 0.156 e. The second kappa shape index (κ2) is 4.60. The van der Waals surface area contributed by atoms with Crippen molar-refractivity contribution in [2.24, 2.45) is 17.8 Å². The topological polar surface area (TPSA) is 20.2 Å². The van der Waals surface area contributed by atoms with E-state index in [1.54, 1.807) is 0 Å². The molecule has 0 spiro atoms. The maximum atomic E-state index is 9.00. The van der Waals surface area contributed by atoms with Crippen LogP contribution in [0.3, 0.4) is 0 Å². The molecule has 2 fully saturated rings. The lowest BCUT2D eigenvalue weighted by molar-refractivity contribution is 0.0893. The van der Waals surface area contributed by atoms with Crippen molar-refractivity contribution in [3.05, 3.63) is 0 Å². The predicted molar refractivity (Wildman–Crippen MR) is 58.4 cm³/mol. The Morgan fingerprint density at radius 2 is 1.62 bits per heavy atom. The van der Waals surface area contributed by atoms with E-state index in [1.165, 1.54) is 51.0 Å². The normalized spacial score (nSPS) is 25.4. The largest absolute Gasteiger partial charge is 0.438 e. The van der Waals surface area contributed by atoms with Crippen molar-refractivity contribution < 1.29 is 4.80 Å². The van der Waals surface area contributed by atoms with E-state index in [0.29, 0.717) is 0 Å². The molecule has 0 bridgehead atoms. The Kier molecular flexibility index (Phi) is 3.44. The van der Waals surface area contributed by atoms with Crippen LogP contribution in [0, 0.1) is 17.8 Å². The van der Waals surface area contributed by atoms with Gasteiger partial charge >= 0.3 is 0 Å². The van der Waals surface area contributed by atoms with Gasteiger partial charge in [-0.3, -0.25) is 0 Å². The smallest absolute Gasteiger partial charge is 0.156 e. The van der Waals surface area contributed by atoms with E-state index in [0.717, 1.165) is 17.8 Å². The quantitative estimate of drug-likeness (QED) is 0.671. The van der Waals surface area contributed by atoms with Gasteiger partial charge in [-0.05, 0) is 23.8 Å². The van der Waals surface area contributed by atoms with Crippen LogP contribution in [0.15, 0.2) is 0 Å². The standard InChI is InChI=1S/C11H22OSi/c12-13-8-7-11(9-3-1-4-9)10-5-2-6-10/h9-12H,1-8,13H2. The number of hydrogen-bond donors (Lipinski definition) is 1. The molecule has 2 heteroatoms. The van der Waals surface area contributed by atoms with Crippen LogP contribution in [-0.4, -0.2) is 14.6 Å². The average molecular weight is 198 g/mol. The molecule has 76 valence electrons. The molecule has 2 aliphatic rings. The summed E-state index contributed by atoms with van der Waals surface area (Å²) in [6.45, 7) is 0.